The smallest absolute Gasteiger partial charge is 0.261 e. The topological polar surface area (TPSA) is 115 Å². The molecule has 0 saturated carbocycles. The molecule has 4 amide bonds. The lowest BCUT2D eigenvalue weighted by Crippen LogP contribution is -2.49. The van der Waals surface area contributed by atoms with E-state index in [0.717, 1.165) is 0 Å². The van der Waals surface area contributed by atoms with Gasteiger partial charge in [-0.25, -0.2) is 0 Å². The van der Waals surface area contributed by atoms with Crippen LogP contribution >= 0.6 is 0 Å². The van der Waals surface area contributed by atoms with E-state index in [0.29, 0.717) is 36.5 Å². The minimum absolute atomic E-state index is 0.0848. The molecule has 2 aliphatic rings. The molecular weight excluding hydrogens is 460 g/mol. The first-order valence-corrected chi connectivity index (χ1v) is 12.7. The molecule has 2 aliphatic heterocycles. The predicted molar refractivity (Wildman–Crippen MR) is 135 cm³/mol. The van der Waals surface area contributed by atoms with Crippen LogP contribution in [0, 0.1) is 10.8 Å². The highest BCUT2D eigenvalue weighted by atomic mass is 16.3. The number of hydrogen-bond donors (Lipinski definition) is 2. The summed E-state index contributed by atoms with van der Waals surface area (Å²) < 4.78 is 0. The third-order valence-corrected chi connectivity index (χ3v) is 8.72. The Balaban J connectivity index is 1.83. The summed E-state index contributed by atoms with van der Waals surface area (Å²) >= 11 is 0. The first-order valence-electron chi connectivity index (χ1n) is 12.7. The highest BCUT2D eigenvalue weighted by Crippen LogP contribution is 2.40. The first-order chi connectivity index (χ1) is 17.2. The highest BCUT2D eigenvalue weighted by molar-refractivity contribution is 6.33. The average Bonchev–Trinajstić information content (AvgIpc) is 2.91. The van der Waals surface area contributed by atoms with Gasteiger partial charge in [-0.3, -0.25) is 29.0 Å². The second-order valence-corrected chi connectivity index (χ2v) is 10.2. The zero-order valence-electron chi connectivity index (χ0n) is 21.4. The van der Waals surface area contributed by atoms with Gasteiger partial charge in [0.05, 0.1) is 13.2 Å². The molecular formula is C28H34N2O6. The maximum Gasteiger partial charge on any atom is 0.261 e. The molecule has 8 heteroatoms. The van der Waals surface area contributed by atoms with E-state index in [1.165, 1.54) is 9.80 Å². The van der Waals surface area contributed by atoms with Crippen molar-refractivity contribution >= 4 is 34.4 Å². The van der Waals surface area contributed by atoms with E-state index in [2.05, 4.69) is 0 Å². The van der Waals surface area contributed by atoms with Gasteiger partial charge in [0.15, 0.2) is 0 Å². The van der Waals surface area contributed by atoms with E-state index in [1.54, 1.807) is 24.3 Å². The summed E-state index contributed by atoms with van der Waals surface area (Å²) in [5.74, 6) is -1.96. The zero-order chi connectivity index (χ0) is 26.4. The van der Waals surface area contributed by atoms with Gasteiger partial charge in [0, 0.05) is 56.9 Å². The van der Waals surface area contributed by atoms with Crippen molar-refractivity contribution in [3.63, 3.8) is 0 Å². The SMILES string of the molecule is CCC(CC)(CO)CN1C(=O)c2ccc3c4c(ccc(c24)C1=O)C(=O)N(CC(CC)(CC)CO)C3=O. The number of imide groups is 2. The Morgan fingerprint density at radius 2 is 0.806 bits per heavy atom. The summed E-state index contributed by atoms with van der Waals surface area (Å²) in [4.78, 5) is 56.4. The maximum absolute atomic E-state index is 13.5. The fourth-order valence-corrected chi connectivity index (χ4v) is 5.43. The molecule has 0 aromatic heterocycles. The predicted octanol–water partition coefficient (Wildman–Crippen LogP) is 3.63. The second kappa shape index (κ2) is 9.41. The van der Waals surface area contributed by atoms with Crippen molar-refractivity contribution in [2.45, 2.75) is 53.4 Å². The van der Waals surface area contributed by atoms with Crippen LogP contribution in [0.25, 0.3) is 10.8 Å². The van der Waals surface area contributed by atoms with Crippen molar-refractivity contribution in [3.8, 4) is 0 Å². The van der Waals surface area contributed by atoms with Gasteiger partial charge in [-0.15, -0.1) is 0 Å². The maximum atomic E-state index is 13.5. The third kappa shape index (κ3) is 3.66. The molecule has 36 heavy (non-hydrogen) atoms. The van der Waals surface area contributed by atoms with Crippen LogP contribution in [0.5, 0.6) is 0 Å². The van der Waals surface area contributed by atoms with Gasteiger partial charge in [-0.1, -0.05) is 27.7 Å². The molecule has 192 valence electrons. The van der Waals surface area contributed by atoms with Crippen molar-refractivity contribution < 1.29 is 29.4 Å². The number of rotatable bonds is 10. The minimum atomic E-state index is -0.600. The van der Waals surface area contributed by atoms with Crippen LogP contribution in [0.1, 0.15) is 94.8 Å². The second-order valence-electron chi connectivity index (χ2n) is 10.2. The normalized spacial score (nSPS) is 15.9. The lowest BCUT2D eigenvalue weighted by molar-refractivity contribution is 0.0381. The largest absolute Gasteiger partial charge is 0.396 e. The Kier molecular flexibility index (Phi) is 6.79. The summed E-state index contributed by atoms with van der Waals surface area (Å²) in [5, 5.41) is 20.7. The van der Waals surface area contributed by atoms with Crippen molar-refractivity contribution in [1.29, 1.82) is 0 Å². The number of aliphatic hydroxyl groups is 2. The summed E-state index contributed by atoms with van der Waals surface area (Å²) in [6, 6.07) is 6.21. The van der Waals surface area contributed by atoms with Crippen molar-refractivity contribution in [1.82, 2.24) is 9.80 Å². The first kappa shape index (κ1) is 26.0. The Morgan fingerprint density at radius 3 is 1.00 bits per heavy atom. The molecule has 8 nitrogen and oxygen atoms in total. The number of nitrogens with zero attached hydrogens (tertiary/aromatic N) is 2. The van der Waals surface area contributed by atoms with Gasteiger partial charge in [0.25, 0.3) is 23.6 Å². The number of hydrogen-bond acceptors (Lipinski definition) is 6. The molecule has 0 fully saturated rings. The molecule has 2 heterocycles. The van der Waals surface area contributed by atoms with Gasteiger partial charge in [-0.05, 0) is 49.9 Å². The van der Waals surface area contributed by atoms with Crippen molar-refractivity contribution in [2.75, 3.05) is 26.3 Å². The Hall–Kier alpha value is -3.10. The molecule has 2 aromatic rings. The van der Waals surface area contributed by atoms with Crippen LogP contribution in [0.4, 0.5) is 0 Å². The number of amides is 4. The molecule has 2 N–H and O–H groups in total. The lowest BCUT2D eigenvalue weighted by Gasteiger charge is -2.39. The highest BCUT2D eigenvalue weighted by Gasteiger charge is 2.43. The number of carbonyl (C=O) groups is 4. The van der Waals surface area contributed by atoms with Crippen LogP contribution in [0.15, 0.2) is 24.3 Å². The molecule has 0 spiro atoms. The number of benzene rings is 2. The van der Waals surface area contributed by atoms with Crippen LogP contribution in [-0.4, -0.2) is 69.9 Å². The van der Waals surface area contributed by atoms with Crippen molar-refractivity contribution in [3.05, 3.63) is 46.5 Å². The van der Waals surface area contributed by atoms with Crippen LogP contribution in [0.3, 0.4) is 0 Å². The van der Waals surface area contributed by atoms with E-state index in [9.17, 15) is 29.4 Å². The average molecular weight is 495 g/mol. The summed E-state index contributed by atoms with van der Waals surface area (Å²) in [6.45, 7) is 7.55. The van der Waals surface area contributed by atoms with E-state index >= 15 is 0 Å². The van der Waals surface area contributed by atoms with Crippen LogP contribution in [0.2, 0.25) is 0 Å². The monoisotopic (exact) mass is 494 g/mol. The fraction of sp³-hybridized carbons (Fsp3) is 0.500. The Morgan fingerprint density at radius 1 is 0.556 bits per heavy atom. The van der Waals surface area contributed by atoms with Gasteiger partial charge >= 0.3 is 0 Å². The fourth-order valence-electron chi connectivity index (χ4n) is 5.43. The Labute approximate surface area is 210 Å². The molecule has 0 bridgehead atoms. The third-order valence-electron chi connectivity index (χ3n) is 8.72. The number of carbonyl (C=O) groups excluding carboxylic acids is 4. The van der Waals surface area contributed by atoms with Crippen LogP contribution < -0.4 is 0 Å². The quantitative estimate of drug-likeness (QED) is 0.488. The molecule has 0 unspecified atom stereocenters. The van der Waals surface area contributed by atoms with E-state index < -0.39 is 34.5 Å². The van der Waals surface area contributed by atoms with E-state index in [1.807, 2.05) is 27.7 Å². The molecule has 0 saturated heterocycles. The van der Waals surface area contributed by atoms with E-state index in [4.69, 9.17) is 0 Å². The number of aliphatic hydroxyl groups excluding tert-OH is 2. The zero-order valence-corrected chi connectivity index (χ0v) is 21.4. The molecule has 0 radical (unpaired) electrons. The summed E-state index contributed by atoms with van der Waals surface area (Å²) in [7, 11) is 0. The summed E-state index contributed by atoms with van der Waals surface area (Å²) in [6.07, 6.45) is 2.39. The molecule has 4 rings (SSSR count). The van der Waals surface area contributed by atoms with Gasteiger partial charge < -0.3 is 10.2 Å². The minimum Gasteiger partial charge on any atom is -0.396 e. The molecule has 2 aromatic carbocycles. The van der Waals surface area contributed by atoms with Crippen LogP contribution in [-0.2, 0) is 0 Å². The van der Waals surface area contributed by atoms with E-state index in [-0.39, 0.29) is 48.6 Å². The summed E-state index contributed by atoms with van der Waals surface area (Å²) in [5.41, 5.74) is -0.125. The Bertz CT molecular complexity index is 1070. The van der Waals surface area contributed by atoms with Crippen molar-refractivity contribution in [2.24, 2.45) is 10.8 Å². The lowest BCUT2D eigenvalue weighted by atomic mass is 9.80. The molecule has 0 atom stereocenters. The standard InChI is InChI=1S/C28H34N2O6/c1-5-27(6-2,15-31)13-29-23(33)17-9-11-19-22-20(12-10-18(21(17)22)24(29)34)26(36)30(25(19)35)14-28(7-3,8-4)16-32/h9-12,31-32H,5-8,13-16H2,1-4H3. The van der Waals surface area contributed by atoms with Gasteiger partial charge in [0.1, 0.15) is 0 Å². The van der Waals surface area contributed by atoms with Gasteiger partial charge in [-0.2, -0.15) is 0 Å². The molecule has 0 aliphatic carbocycles. The van der Waals surface area contributed by atoms with Gasteiger partial charge in [0.2, 0.25) is 0 Å².